The highest BCUT2D eigenvalue weighted by atomic mass is 19.1. The van der Waals surface area contributed by atoms with Crippen LogP contribution in [0, 0.1) is 5.82 Å². The summed E-state index contributed by atoms with van der Waals surface area (Å²) in [7, 11) is 0. The van der Waals surface area contributed by atoms with E-state index in [4.69, 9.17) is 0 Å². The van der Waals surface area contributed by atoms with Crippen LogP contribution in [-0.2, 0) is 0 Å². The van der Waals surface area contributed by atoms with Gasteiger partial charge in [0.25, 0.3) is 5.91 Å². The molecule has 0 fully saturated rings. The van der Waals surface area contributed by atoms with Gasteiger partial charge in [0.05, 0.1) is 5.69 Å². The van der Waals surface area contributed by atoms with E-state index < -0.39 is 11.7 Å². The summed E-state index contributed by atoms with van der Waals surface area (Å²) < 4.78 is 13.7. The van der Waals surface area contributed by atoms with Gasteiger partial charge in [0, 0.05) is 17.9 Å². The van der Waals surface area contributed by atoms with Gasteiger partial charge in [-0.05, 0) is 36.8 Å². The summed E-state index contributed by atoms with van der Waals surface area (Å²) in [6, 6.07) is 19.5. The third kappa shape index (κ3) is 4.20. The Balaban J connectivity index is 1.73. The topological polar surface area (TPSA) is 54.0 Å². The minimum Gasteiger partial charge on any atom is -0.378 e. The van der Waals surface area contributed by atoms with Crippen molar-refractivity contribution in [2.45, 2.75) is 13.0 Å². The molecular formula is C20H18FN3O. The molecule has 1 heterocycles. The Hall–Kier alpha value is -3.21. The van der Waals surface area contributed by atoms with Gasteiger partial charge in [-0.2, -0.15) is 0 Å². The van der Waals surface area contributed by atoms with Crippen molar-refractivity contribution < 1.29 is 9.18 Å². The molecule has 0 aliphatic heterocycles. The number of para-hydroxylation sites is 1. The van der Waals surface area contributed by atoms with Crippen LogP contribution >= 0.6 is 0 Å². The summed E-state index contributed by atoms with van der Waals surface area (Å²) in [6.45, 7) is 2.04. The predicted molar refractivity (Wildman–Crippen MR) is 97.1 cm³/mol. The summed E-state index contributed by atoms with van der Waals surface area (Å²) in [5, 5.41) is 5.87. The van der Waals surface area contributed by atoms with Crippen LogP contribution in [0.1, 0.15) is 29.0 Å². The van der Waals surface area contributed by atoms with Crippen LogP contribution in [0.2, 0.25) is 0 Å². The molecule has 4 nitrogen and oxygen atoms in total. The minimum absolute atomic E-state index is 0.0751. The first-order chi connectivity index (χ1) is 12.1. The van der Waals surface area contributed by atoms with Gasteiger partial charge in [-0.15, -0.1) is 0 Å². The fourth-order valence-electron chi connectivity index (χ4n) is 2.47. The average Bonchev–Trinajstić information content (AvgIpc) is 2.64. The van der Waals surface area contributed by atoms with Crippen LogP contribution in [-0.4, -0.2) is 10.9 Å². The summed E-state index contributed by atoms with van der Waals surface area (Å²) in [6.07, 6.45) is 1.55. The van der Waals surface area contributed by atoms with Crippen LogP contribution in [0.4, 0.5) is 15.8 Å². The van der Waals surface area contributed by atoms with Gasteiger partial charge in [-0.25, -0.2) is 4.39 Å². The maximum Gasteiger partial charge on any atom is 0.274 e. The molecule has 5 heteroatoms. The van der Waals surface area contributed by atoms with Crippen molar-refractivity contribution in [3.8, 4) is 0 Å². The maximum atomic E-state index is 13.7. The molecular weight excluding hydrogens is 317 g/mol. The smallest absolute Gasteiger partial charge is 0.274 e. The van der Waals surface area contributed by atoms with Gasteiger partial charge in [-0.1, -0.05) is 42.5 Å². The molecule has 0 aliphatic carbocycles. The molecule has 0 spiro atoms. The van der Waals surface area contributed by atoms with E-state index in [-0.39, 0.29) is 17.4 Å². The molecule has 0 saturated heterocycles. The summed E-state index contributed by atoms with van der Waals surface area (Å²) in [4.78, 5) is 16.4. The number of hydrogen-bond donors (Lipinski definition) is 2. The first-order valence-corrected chi connectivity index (χ1v) is 7.97. The molecule has 0 saturated carbocycles. The monoisotopic (exact) mass is 335 g/mol. The zero-order valence-electron chi connectivity index (χ0n) is 13.7. The van der Waals surface area contributed by atoms with Crippen molar-refractivity contribution in [3.05, 3.63) is 90.0 Å². The lowest BCUT2D eigenvalue weighted by molar-refractivity contribution is 0.102. The Morgan fingerprint density at radius 2 is 1.76 bits per heavy atom. The quantitative estimate of drug-likeness (QED) is 0.714. The number of aromatic nitrogens is 1. The number of amides is 1. The summed E-state index contributed by atoms with van der Waals surface area (Å²) in [5.74, 6) is -0.941. The van der Waals surface area contributed by atoms with Gasteiger partial charge >= 0.3 is 0 Å². The second-order valence-electron chi connectivity index (χ2n) is 5.64. The van der Waals surface area contributed by atoms with Crippen molar-refractivity contribution in [1.82, 2.24) is 4.98 Å². The van der Waals surface area contributed by atoms with Crippen molar-refractivity contribution in [2.75, 3.05) is 10.6 Å². The molecule has 25 heavy (non-hydrogen) atoms. The maximum absolute atomic E-state index is 13.7. The van der Waals surface area contributed by atoms with Gasteiger partial charge in [0.2, 0.25) is 0 Å². The van der Waals surface area contributed by atoms with E-state index in [1.165, 1.54) is 12.1 Å². The number of hydrogen-bond acceptors (Lipinski definition) is 3. The minimum atomic E-state index is -0.483. The van der Waals surface area contributed by atoms with E-state index in [1.807, 2.05) is 37.3 Å². The highest BCUT2D eigenvalue weighted by molar-refractivity contribution is 6.03. The molecule has 126 valence electrons. The Bertz CT molecular complexity index is 868. The Kier molecular flexibility index (Phi) is 5.04. The van der Waals surface area contributed by atoms with Gasteiger partial charge in [-0.3, -0.25) is 9.78 Å². The van der Waals surface area contributed by atoms with Crippen molar-refractivity contribution in [2.24, 2.45) is 0 Å². The number of carbonyl (C=O) groups excluding carboxylic acids is 1. The van der Waals surface area contributed by atoms with Crippen LogP contribution in [0.25, 0.3) is 0 Å². The molecule has 1 aromatic heterocycles. The number of benzene rings is 2. The molecule has 0 radical (unpaired) electrons. The van der Waals surface area contributed by atoms with Gasteiger partial charge < -0.3 is 10.6 Å². The number of rotatable bonds is 5. The van der Waals surface area contributed by atoms with Crippen LogP contribution in [0.3, 0.4) is 0 Å². The normalized spacial score (nSPS) is 11.6. The van der Waals surface area contributed by atoms with E-state index in [2.05, 4.69) is 15.6 Å². The van der Waals surface area contributed by atoms with Crippen molar-refractivity contribution >= 4 is 17.3 Å². The zero-order valence-corrected chi connectivity index (χ0v) is 13.7. The summed E-state index contributed by atoms with van der Waals surface area (Å²) >= 11 is 0. The van der Waals surface area contributed by atoms with Crippen LogP contribution in [0.5, 0.6) is 0 Å². The van der Waals surface area contributed by atoms with E-state index in [9.17, 15) is 9.18 Å². The third-order valence-corrected chi connectivity index (χ3v) is 3.80. The highest BCUT2D eigenvalue weighted by Crippen LogP contribution is 2.20. The second-order valence-corrected chi connectivity index (χ2v) is 5.64. The highest BCUT2D eigenvalue weighted by Gasteiger charge is 2.12. The zero-order chi connectivity index (χ0) is 17.6. The number of anilines is 2. The lowest BCUT2D eigenvalue weighted by atomic mass is 10.1. The fourth-order valence-corrected chi connectivity index (χ4v) is 2.47. The third-order valence-electron chi connectivity index (χ3n) is 3.80. The lowest BCUT2D eigenvalue weighted by Gasteiger charge is -2.16. The largest absolute Gasteiger partial charge is 0.378 e. The van der Waals surface area contributed by atoms with Gasteiger partial charge in [0.1, 0.15) is 11.5 Å². The average molecular weight is 335 g/mol. The van der Waals surface area contributed by atoms with E-state index in [0.29, 0.717) is 0 Å². The number of halogens is 1. The van der Waals surface area contributed by atoms with E-state index in [1.54, 1.807) is 30.5 Å². The van der Waals surface area contributed by atoms with Crippen LogP contribution < -0.4 is 10.6 Å². The van der Waals surface area contributed by atoms with Crippen molar-refractivity contribution in [1.29, 1.82) is 0 Å². The number of nitrogens with zero attached hydrogens (tertiary/aromatic N) is 1. The van der Waals surface area contributed by atoms with Crippen LogP contribution in [0.15, 0.2) is 72.9 Å². The Morgan fingerprint density at radius 1 is 1.04 bits per heavy atom. The molecule has 1 unspecified atom stereocenters. The number of nitrogens with one attached hydrogen (secondary N) is 2. The number of pyridine rings is 1. The molecule has 0 aliphatic rings. The molecule has 1 amide bonds. The second kappa shape index (κ2) is 7.57. The molecule has 0 bridgehead atoms. The summed E-state index contributed by atoms with van der Waals surface area (Å²) in [5.41, 5.74) is 2.25. The Morgan fingerprint density at radius 3 is 2.52 bits per heavy atom. The van der Waals surface area contributed by atoms with Crippen molar-refractivity contribution in [3.63, 3.8) is 0 Å². The fraction of sp³-hybridized carbons (Fsp3) is 0.100. The lowest BCUT2D eigenvalue weighted by Crippen LogP contribution is -2.15. The molecule has 3 rings (SSSR count). The molecule has 2 aromatic carbocycles. The first-order valence-electron chi connectivity index (χ1n) is 7.97. The van der Waals surface area contributed by atoms with Gasteiger partial charge in [0.15, 0.2) is 0 Å². The SMILES string of the molecule is CC(Nc1ccnc(C(=O)Nc2ccccc2F)c1)c1ccccc1. The standard InChI is InChI=1S/C20H18FN3O/c1-14(15-7-3-2-4-8-15)23-16-11-12-22-19(13-16)20(25)24-18-10-6-5-9-17(18)21/h2-14H,1H3,(H,22,23)(H,24,25). The molecule has 1 atom stereocenters. The van der Waals surface area contributed by atoms with E-state index in [0.717, 1.165) is 11.3 Å². The molecule has 2 N–H and O–H groups in total. The Labute approximate surface area is 145 Å². The molecule has 3 aromatic rings. The van der Waals surface area contributed by atoms with E-state index >= 15 is 0 Å². The number of carbonyl (C=O) groups is 1. The predicted octanol–water partition coefficient (Wildman–Crippen LogP) is 4.65. The first kappa shape index (κ1) is 16.6.